The third kappa shape index (κ3) is 3.54. The molecule has 0 N–H and O–H groups in total. The minimum atomic E-state index is 0.427. The van der Waals surface area contributed by atoms with Crippen LogP contribution in [0.5, 0.6) is 0 Å². The molecule has 1 saturated heterocycles. The lowest BCUT2D eigenvalue weighted by molar-refractivity contribution is 0.241. The molecule has 3 rings (SSSR count). The van der Waals surface area contributed by atoms with E-state index in [1.165, 1.54) is 29.7 Å². The van der Waals surface area contributed by atoms with Crippen LogP contribution in [0.3, 0.4) is 0 Å². The molecule has 1 fully saturated rings. The van der Waals surface area contributed by atoms with E-state index in [9.17, 15) is 0 Å². The highest BCUT2D eigenvalue weighted by molar-refractivity contribution is 7.07. The molecule has 0 aliphatic carbocycles. The van der Waals surface area contributed by atoms with E-state index < -0.39 is 0 Å². The fourth-order valence-electron chi connectivity index (χ4n) is 3.21. The summed E-state index contributed by atoms with van der Waals surface area (Å²) in [5, 5.41) is 4.41. The summed E-state index contributed by atoms with van der Waals surface area (Å²) in [5.41, 5.74) is 3.91. The van der Waals surface area contributed by atoms with Crippen molar-refractivity contribution < 1.29 is 0 Å². The molecule has 5 heteroatoms. The van der Waals surface area contributed by atoms with E-state index in [1.54, 1.807) is 11.3 Å². The molecule has 4 nitrogen and oxygen atoms in total. The Balaban J connectivity index is 1.86. The Kier molecular flexibility index (Phi) is 4.86. The first-order valence-electron chi connectivity index (χ1n) is 7.86. The molecule has 3 heterocycles. The maximum Gasteiger partial charge on any atom is 0.125 e. The molecule has 0 spiro atoms. The predicted octanol–water partition coefficient (Wildman–Crippen LogP) is 3.25. The van der Waals surface area contributed by atoms with Crippen molar-refractivity contribution in [3.63, 3.8) is 0 Å². The Hall–Kier alpha value is -1.30. The molecule has 0 unspecified atom stereocenters. The molecule has 2 aromatic heterocycles. The van der Waals surface area contributed by atoms with E-state index in [1.807, 2.05) is 13.1 Å². The molecule has 0 radical (unpaired) electrons. The van der Waals surface area contributed by atoms with Crippen LogP contribution in [0.15, 0.2) is 23.0 Å². The van der Waals surface area contributed by atoms with Gasteiger partial charge in [-0.3, -0.25) is 4.90 Å². The highest BCUT2D eigenvalue weighted by Gasteiger charge is 2.29. The Morgan fingerprint density at radius 3 is 3.00 bits per heavy atom. The van der Waals surface area contributed by atoms with Gasteiger partial charge in [-0.2, -0.15) is 11.3 Å². The molecule has 0 aromatic carbocycles. The molecule has 1 atom stereocenters. The summed E-state index contributed by atoms with van der Waals surface area (Å²) in [6.07, 6.45) is 4.46. The highest BCUT2D eigenvalue weighted by atomic mass is 32.1. The summed E-state index contributed by atoms with van der Waals surface area (Å²) in [5.74, 6) is 0.875. The van der Waals surface area contributed by atoms with Crippen LogP contribution in [-0.2, 0) is 13.1 Å². The van der Waals surface area contributed by atoms with Crippen molar-refractivity contribution in [2.24, 2.45) is 0 Å². The summed E-state index contributed by atoms with van der Waals surface area (Å²) in [4.78, 5) is 14.0. The van der Waals surface area contributed by atoms with Gasteiger partial charge in [-0.1, -0.05) is 0 Å². The standard InChI is InChI=1S/C17H24N4S/c1-13-18-9-15(11-20(2)3)17(19-13)16-5-4-7-21(16)10-14-6-8-22-12-14/h6,8-9,12,16H,4-5,7,10-11H2,1-3H3/t16-/m1/s1. The normalized spacial score (nSPS) is 19.2. The topological polar surface area (TPSA) is 32.3 Å². The number of nitrogens with zero attached hydrogens (tertiary/aromatic N) is 4. The molecule has 1 aliphatic rings. The van der Waals surface area contributed by atoms with Gasteiger partial charge in [-0.05, 0) is 62.8 Å². The van der Waals surface area contributed by atoms with E-state index >= 15 is 0 Å². The third-order valence-corrected chi connectivity index (χ3v) is 4.88. The van der Waals surface area contributed by atoms with Crippen LogP contribution in [0.2, 0.25) is 0 Å². The first-order valence-corrected chi connectivity index (χ1v) is 8.80. The molecule has 118 valence electrons. The zero-order chi connectivity index (χ0) is 15.5. The summed E-state index contributed by atoms with van der Waals surface area (Å²) in [6, 6.07) is 2.66. The third-order valence-electron chi connectivity index (χ3n) is 4.15. The monoisotopic (exact) mass is 316 g/mol. The highest BCUT2D eigenvalue weighted by Crippen LogP contribution is 2.34. The minimum Gasteiger partial charge on any atom is -0.305 e. The Morgan fingerprint density at radius 2 is 2.27 bits per heavy atom. The van der Waals surface area contributed by atoms with Crippen molar-refractivity contribution in [3.8, 4) is 0 Å². The lowest BCUT2D eigenvalue weighted by Crippen LogP contribution is -2.25. The molecule has 0 bridgehead atoms. The molecule has 1 aliphatic heterocycles. The number of hydrogen-bond donors (Lipinski definition) is 0. The van der Waals surface area contributed by atoms with Gasteiger partial charge in [0, 0.05) is 24.8 Å². The fourth-order valence-corrected chi connectivity index (χ4v) is 3.87. The van der Waals surface area contributed by atoms with Crippen molar-refractivity contribution in [2.45, 2.75) is 38.9 Å². The van der Waals surface area contributed by atoms with Gasteiger partial charge in [0.05, 0.1) is 11.7 Å². The second-order valence-corrected chi connectivity index (χ2v) is 7.11. The number of aromatic nitrogens is 2. The van der Waals surface area contributed by atoms with E-state index in [2.05, 4.69) is 45.7 Å². The number of hydrogen-bond acceptors (Lipinski definition) is 5. The maximum absolute atomic E-state index is 4.81. The number of thiophene rings is 1. The maximum atomic E-state index is 4.81. The van der Waals surface area contributed by atoms with Gasteiger partial charge in [0.15, 0.2) is 0 Å². The van der Waals surface area contributed by atoms with E-state index in [0.29, 0.717) is 6.04 Å². The van der Waals surface area contributed by atoms with Crippen LogP contribution in [0.1, 0.15) is 41.5 Å². The van der Waals surface area contributed by atoms with Crippen molar-refractivity contribution in [1.82, 2.24) is 19.8 Å². The van der Waals surface area contributed by atoms with Crippen molar-refractivity contribution in [2.75, 3.05) is 20.6 Å². The molecule has 0 amide bonds. The van der Waals surface area contributed by atoms with Crippen LogP contribution in [0.25, 0.3) is 0 Å². The van der Waals surface area contributed by atoms with Gasteiger partial charge in [-0.25, -0.2) is 9.97 Å². The predicted molar refractivity (Wildman–Crippen MR) is 90.9 cm³/mol. The van der Waals surface area contributed by atoms with E-state index in [-0.39, 0.29) is 0 Å². The first-order chi connectivity index (χ1) is 10.6. The van der Waals surface area contributed by atoms with Crippen LogP contribution in [0, 0.1) is 6.92 Å². The second-order valence-electron chi connectivity index (χ2n) is 6.33. The molecule has 2 aromatic rings. The lowest BCUT2D eigenvalue weighted by Gasteiger charge is -2.26. The Bertz CT molecular complexity index is 609. The summed E-state index contributed by atoms with van der Waals surface area (Å²) < 4.78 is 0. The van der Waals surface area contributed by atoms with Crippen LogP contribution in [0.4, 0.5) is 0 Å². The average Bonchev–Trinajstić information content (AvgIpc) is 3.12. The zero-order valence-corrected chi connectivity index (χ0v) is 14.4. The SMILES string of the molecule is Cc1ncc(CN(C)C)c([C@H]2CCCN2Cc2ccsc2)n1. The van der Waals surface area contributed by atoms with Crippen molar-refractivity contribution in [3.05, 3.63) is 45.7 Å². The number of likely N-dealkylation sites (tertiary alicyclic amines) is 1. The second kappa shape index (κ2) is 6.86. The zero-order valence-electron chi connectivity index (χ0n) is 13.6. The molecular formula is C17H24N4S. The number of rotatable bonds is 5. The van der Waals surface area contributed by atoms with Gasteiger partial charge in [0.25, 0.3) is 0 Å². The van der Waals surface area contributed by atoms with Crippen molar-refractivity contribution in [1.29, 1.82) is 0 Å². The van der Waals surface area contributed by atoms with Crippen LogP contribution in [-0.4, -0.2) is 40.4 Å². The fraction of sp³-hybridized carbons (Fsp3) is 0.529. The lowest BCUT2D eigenvalue weighted by atomic mass is 10.1. The Morgan fingerprint density at radius 1 is 1.41 bits per heavy atom. The van der Waals surface area contributed by atoms with Gasteiger partial charge in [0.2, 0.25) is 0 Å². The van der Waals surface area contributed by atoms with Crippen LogP contribution < -0.4 is 0 Å². The number of aryl methyl sites for hydroxylation is 1. The van der Waals surface area contributed by atoms with E-state index in [0.717, 1.165) is 25.5 Å². The Labute approximate surface area is 136 Å². The summed E-state index contributed by atoms with van der Waals surface area (Å²) >= 11 is 1.78. The summed E-state index contributed by atoms with van der Waals surface area (Å²) in [6.45, 7) is 5.07. The molecular weight excluding hydrogens is 292 g/mol. The van der Waals surface area contributed by atoms with Gasteiger partial charge in [0.1, 0.15) is 5.82 Å². The smallest absolute Gasteiger partial charge is 0.125 e. The van der Waals surface area contributed by atoms with Crippen LogP contribution >= 0.6 is 11.3 Å². The largest absolute Gasteiger partial charge is 0.305 e. The first kappa shape index (κ1) is 15.6. The minimum absolute atomic E-state index is 0.427. The average molecular weight is 316 g/mol. The molecule has 0 saturated carbocycles. The van der Waals surface area contributed by atoms with Gasteiger partial charge >= 0.3 is 0 Å². The molecule has 22 heavy (non-hydrogen) atoms. The summed E-state index contributed by atoms with van der Waals surface area (Å²) in [7, 11) is 4.20. The quantitative estimate of drug-likeness (QED) is 0.847. The van der Waals surface area contributed by atoms with E-state index in [4.69, 9.17) is 4.98 Å². The van der Waals surface area contributed by atoms with Gasteiger partial charge < -0.3 is 4.90 Å². The van der Waals surface area contributed by atoms with Gasteiger partial charge in [-0.15, -0.1) is 0 Å². The van der Waals surface area contributed by atoms with Crippen molar-refractivity contribution >= 4 is 11.3 Å².